The van der Waals surface area contributed by atoms with Crippen molar-refractivity contribution in [2.75, 3.05) is 114 Å². The first-order valence-corrected chi connectivity index (χ1v) is 29.1. The maximum absolute atomic E-state index is 14.0. The van der Waals surface area contributed by atoms with Crippen LogP contribution in [0.25, 0.3) is 10.4 Å². The molecule has 81 heavy (non-hydrogen) atoms. The lowest BCUT2D eigenvalue weighted by Gasteiger charge is -2.35. The molecule has 0 bridgehead atoms. The lowest BCUT2D eigenvalue weighted by atomic mass is 9.85. The number of hydrogen-bond acceptors (Lipinski definition) is 19. The summed E-state index contributed by atoms with van der Waals surface area (Å²) in [6.45, 7) is 16.8. The molecule has 3 aromatic heterocycles. The summed E-state index contributed by atoms with van der Waals surface area (Å²) in [4.78, 5) is 91.0. The van der Waals surface area contributed by atoms with Crippen molar-refractivity contribution in [3.63, 3.8) is 0 Å². The lowest BCUT2D eigenvalue weighted by molar-refractivity contribution is -0.144. The van der Waals surface area contributed by atoms with Crippen molar-refractivity contribution < 1.29 is 52.8 Å². The topological polar surface area (TPSA) is 261 Å². The number of nitrogens with one attached hydrogen (secondary N) is 4. The SMILES string of the molecule is Cc1nc(Nc2ncc(C(=O)Nc3c(C)cccc3Cl)s2)cc(N2CCN(C(=O)CCOCCOCCOCCOCCOCCC(=O)NC(C(=O)N3C[C@H](O)C[C@H]3C(=O)NCc3ccc(-c4scnc4C)cc3)C(C)(C)C)CC2)n1. The summed E-state index contributed by atoms with van der Waals surface area (Å²) in [6, 6.07) is 13.3. The Morgan fingerprint density at radius 3 is 2.07 bits per heavy atom. The number of anilines is 4. The Morgan fingerprint density at radius 1 is 0.815 bits per heavy atom. The number of benzene rings is 2. The van der Waals surface area contributed by atoms with Crippen LogP contribution in [-0.2, 0) is 49.4 Å². The van der Waals surface area contributed by atoms with Gasteiger partial charge in [0.25, 0.3) is 5.91 Å². The number of hydrogen-bond donors (Lipinski definition) is 5. The fourth-order valence-corrected chi connectivity index (χ4v) is 10.8. The smallest absolute Gasteiger partial charge is 0.267 e. The predicted octanol–water partition coefficient (Wildman–Crippen LogP) is 5.95. The quantitative estimate of drug-likeness (QED) is 0.0346. The number of amides is 5. The standard InChI is InChI=1S/C56H74ClN11O11S2/c1-36-8-7-9-42(57)49(36)65-53(73)44-33-59-55(81-44)63-45-31-46(62-38(3)61-45)66-16-18-67(19-17-66)48(71)15-21-76-23-25-78-27-29-79-28-26-77-24-22-75-20-14-47(70)64-51(56(4,5)6)54(74)68-34-41(69)30-43(68)52(72)58-32-39-10-12-40(13-11-39)50-37(2)60-35-80-50/h7-13,31,33,35,41,43,51,69H,14-30,32,34H2,1-6H3,(H,58,72)(H,64,70)(H,65,73)(H,59,61,62,63)/t41-,43+,51?/m1/s1. The molecule has 5 aromatic rings. The Labute approximate surface area is 485 Å². The van der Waals surface area contributed by atoms with E-state index in [0.29, 0.717) is 105 Å². The van der Waals surface area contributed by atoms with E-state index in [1.54, 1.807) is 17.4 Å². The first kappa shape index (κ1) is 62.4. The van der Waals surface area contributed by atoms with Crippen LogP contribution >= 0.6 is 34.3 Å². The van der Waals surface area contributed by atoms with Crippen LogP contribution in [0.2, 0.25) is 5.02 Å². The third kappa shape index (κ3) is 18.9. The van der Waals surface area contributed by atoms with Crippen molar-refractivity contribution in [1.82, 2.24) is 40.4 Å². The van der Waals surface area contributed by atoms with Gasteiger partial charge in [0, 0.05) is 58.2 Å². The average Bonchev–Trinajstić information content (AvgIpc) is 4.22. The fraction of sp³-hybridized carbons (Fsp3) is 0.518. The molecule has 438 valence electrons. The first-order valence-electron chi connectivity index (χ1n) is 27.0. The number of halogens is 1. The van der Waals surface area contributed by atoms with E-state index in [2.05, 4.69) is 46.1 Å². The molecule has 2 aliphatic rings. The van der Waals surface area contributed by atoms with Gasteiger partial charge in [-0.1, -0.05) is 80.1 Å². The van der Waals surface area contributed by atoms with Gasteiger partial charge in [-0.25, -0.2) is 19.9 Å². The molecule has 7 rings (SSSR count). The molecule has 22 nitrogen and oxygen atoms in total. The Hall–Kier alpha value is -6.22. The summed E-state index contributed by atoms with van der Waals surface area (Å²) < 4.78 is 28.0. The van der Waals surface area contributed by atoms with Crippen LogP contribution in [0.1, 0.15) is 72.4 Å². The van der Waals surface area contributed by atoms with E-state index in [1.807, 2.05) is 94.4 Å². The van der Waals surface area contributed by atoms with E-state index in [0.717, 1.165) is 33.1 Å². The Kier molecular flexibility index (Phi) is 23.7. The molecule has 2 fully saturated rings. The minimum absolute atomic E-state index is 0.0131. The van der Waals surface area contributed by atoms with Crippen molar-refractivity contribution in [2.45, 2.75) is 85.5 Å². The fourth-order valence-electron chi connectivity index (χ4n) is 8.95. The molecular formula is C56H74ClN11O11S2. The number of piperazine rings is 1. The van der Waals surface area contributed by atoms with Gasteiger partial charge in [-0.05, 0) is 48.9 Å². The highest BCUT2D eigenvalue weighted by atomic mass is 35.5. The summed E-state index contributed by atoms with van der Waals surface area (Å²) in [5, 5.41) is 23.4. The second-order valence-corrected chi connectivity index (χ2v) is 22.9. The third-order valence-electron chi connectivity index (χ3n) is 13.3. The number of nitrogens with zero attached hydrogens (tertiary/aromatic N) is 7. The minimum Gasteiger partial charge on any atom is -0.391 e. The van der Waals surface area contributed by atoms with Crippen LogP contribution in [0.15, 0.2) is 60.2 Å². The summed E-state index contributed by atoms with van der Waals surface area (Å²) in [5.41, 5.74) is 5.44. The Morgan fingerprint density at radius 2 is 1.46 bits per heavy atom. The van der Waals surface area contributed by atoms with E-state index in [1.165, 1.54) is 22.4 Å². The zero-order valence-corrected chi connectivity index (χ0v) is 49.2. The van der Waals surface area contributed by atoms with Gasteiger partial charge in [-0.2, -0.15) is 0 Å². The van der Waals surface area contributed by atoms with E-state index in [4.69, 9.17) is 35.3 Å². The zero-order valence-electron chi connectivity index (χ0n) is 46.8. The predicted molar refractivity (Wildman–Crippen MR) is 310 cm³/mol. The van der Waals surface area contributed by atoms with Gasteiger partial charge in [0.1, 0.15) is 34.4 Å². The third-order valence-corrected chi connectivity index (χ3v) is 15.5. The summed E-state index contributed by atoms with van der Waals surface area (Å²) >= 11 is 9.06. The van der Waals surface area contributed by atoms with Crippen LogP contribution in [0.5, 0.6) is 0 Å². The number of carbonyl (C=O) groups is 5. The van der Waals surface area contributed by atoms with Gasteiger partial charge in [0.15, 0.2) is 5.13 Å². The van der Waals surface area contributed by atoms with Gasteiger partial charge in [-0.3, -0.25) is 24.0 Å². The number of aromatic nitrogens is 4. The Bertz CT molecular complexity index is 2860. The van der Waals surface area contributed by atoms with E-state index < -0.39 is 29.5 Å². The van der Waals surface area contributed by atoms with Gasteiger partial charge in [0.05, 0.1) is 112 Å². The van der Waals surface area contributed by atoms with Gasteiger partial charge in [-0.15, -0.1) is 11.3 Å². The van der Waals surface area contributed by atoms with Crippen molar-refractivity contribution in [2.24, 2.45) is 5.41 Å². The zero-order chi connectivity index (χ0) is 57.9. The highest BCUT2D eigenvalue weighted by Gasteiger charge is 2.44. The lowest BCUT2D eigenvalue weighted by Crippen LogP contribution is -2.57. The second kappa shape index (κ2) is 30.7. The summed E-state index contributed by atoms with van der Waals surface area (Å²) in [6.07, 6.45) is 1.01. The van der Waals surface area contributed by atoms with Crippen LogP contribution in [0.4, 0.5) is 22.5 Å². The van der Waals surface area contributed by atoms with Crippen molar-refractivity contribution >= 4 is 86.3 Å². The average molecular weight is 1180 g/mol. The van der Waals surface area contributed by atoms with Crippen molar-refractivity contribution in [3.8, 4) is 10.4 Å². The number of thiazole rings is 2. The molecule has 3 atom stereocenters. The molecule has 25 heteroatoms. The first-order chi connectivity index (χ1) is 38.9. The second-order valence-electron chi connectivity index (χ2n) is 20.6. The number of β-amino-alcohol motifs (C(OH)–C–C–N with tert-alkyl or cyclic N) is 1. The summed E-state index contributed by atoms with van der Waals surface area (Å²) in [5.74, 6) is 0.370. The molecule has 0 radical (unpaired) electrons. The molecule has 0 aliphatic carbocycles. The number of rotatable bonds is 29. The number of ether oxygens (including phenoxy) is 5. The highest BCUT2D eigenvalue weighted by molar-refractivity contribution is 7.17. The normalized spacial score (nSPS) is 15.9. The van der Waals surface area contributed by atoms with Crippen molar-refractivity contribution in [1.29, 1.82) is 0 Å². The van der Waals surface area contributed by atoms with Gasteiger partial charge in [0.2, 0.25) is 23.6 Å². The number of aliphatic hydroxyl groups is 1. The van der Waals surface area contributed by atoms with E-state index in [9.17, 15) is 29.1 Å². The largest absolute Gasteiger partial charge is 0.391 e. The monoisotopic (exact) mass is 1180 g/mol. The number of likely N-dealkylation sites (tertiary alicyclic amines) is 1. The number of aliphatic hydroxyl groups excluding tert-OH is 1. The molecule has 1 unspecified atom stereocenters. The van der Waals surface area contributed by atoms with E-state index in [-0.39, 0.29) is 75.8 Å². The Balaban J connectivity index is 0.675. The van der Waals surface area contributed by atoms with Crippen molar-refractivity contribution in [3.05, 3.63) is 92.8 Å². The van der Waals surface area contributed by atoms with Crippen LogP contribution < -0.4 is 26.2 Å². The maximum atomic E-state index is 14.0. The van der Waals surface area contributed by atoms with Crippen LogP contribution in [-0.4, -0.2) is 181 Å². The van der Waals surface area contributed by atoms with Crippen LogP contribution in [0.3, 0.4) is 0 Å². The molecule has 0 spiro atoms. The number of aryl methyl sites for hydroxylation is 3. The molecule has 2 saturated heterocycles. The molecule has 2 aromatic carbocycles. The van der Waals surface area contributed by atoms with E-state index >= 15 is 0 Å². The highest BCUT2D eigenvalue weighted by Crippen LogP contribution is 2.31. The number of para-hydroxylation sites is 1. The molecule has 5 amide bonds. The molecule has 5 heterocycles. The maximum Gasteiger partial charge on any atom is 0.267 e. The molecule has 5 N–H and O–H groups in total. The molecule has 2 aliphatic heterocycles. The summed E-state index contributed by atoms with van der Waals surface area (Å²) in [7, 11) is 0. The van der Waals surface area contributed by atoms with Gasteiger partial charge >= 0.3 is 0 Å². The number of carbonyl (C=O) groups excluding carboxylic acids is 5. The minimum atomic E-state index is -0.939. The van der Waals surface area contributed by atoms with Gasteiger partial charge < -0.3 is 64.8 Å². The molecular weight excluding hydrogens is 1100 g/mol. The van der Waals surface area contributed by atoms with Crippen LogP contribution in [0, 0.1) is 26.2 Å². The molecule has 0 saturated carbocycles.